The zero-order valence-corrected chi connectivity index (χ0v) is 21.3. The summed E-state index contributed by atoms with van der Waals surface area (Å²) in [5.41, 5.74) is 1.10. The molecular weight excluding hydrogens is 474 g/mol. The summed E-state index contributed by atoms with van der Waals surface area (Å²) >= 11 is 0. The van der Waals surface area contributed by atoms with Gasteiger partial charge in [-0.1, -0.05) is 6.07 Å². The lowest BCUT2D eigenvalue weighted by Gasteiger charge is -2.26. The summed E-state index contributed by atoms with van der Waals surface area (Å²) in [5.74, 6) is 0.0780. The Hall–Kier alpha value is -4.27. The summed E-state index contributed by atoms with van der Waals surface area (Å²) in [6.45, 7) is 5.71. The van der Waals surface area contributed by atoms with Crippen LogP contribution in [0.15, 0.2) is 66.8 Å². The fraction of sp³-hybridized carbons (Fsp3) is 0.321. The molecule has 1 atom stereocenters. The molecular formula is C28H32N3O6+. The van der Waals surface area contributed by atoms with E-state index < -0.39 is 17.7 Å². The smallest absolute Gasteiger partial charge is 0.295 e. The number of amides is 1. The van der Waals surface area contributed by atoms with Gasteiger partial charge in [-0.05, 0) is 55.8 Å². The highest BCUT2D eigenvalue weighted by Crippen LogP contribution is 2.42. The molecule has 2 N–H and O–H groups in total. The van der Waals surface area contributed by atoms with Crippen LogP contribution >= 0.6 is 0 Å². The van der Waals surface area contributed by atoms with Gasteiger partial charge >= 0.3 is 0 Å². The van der Waals surface area contributed by atoms with Gasteiger partial charge < -0.3 is 24.2 Å². The van der Waals surface area contributed by atoms with Crippen LogP contribution in [-0.4, -0.2) is 53.5 Å². The molecule has 0 radical (unpaired) electrons. The van der Waals surface area contributed by atoms with Crippen LogP contribution in [0.5, 0.6) is 17.2 Å². The topological polar surface area (TPSA) is 105 Å². The van der Waals surface area contributed by atoms with Crippen LogP contribution in [0.1, 0.15) is 37.4 Å². The molecule has 37 heavy (non-hydrogen) atoms. The minimum atomic E-state index is -0.785. The number of benzene rings is 2. The number of aliphatic hydroxyl groups excluding tert-OH is 1. The molecule has 1 aliphatic rings. The molecule has 0 saturated carbocycles. The molecule has 0 bridgehead atoms. The zero-order chi connectivity index (χ0) is 26.4. The van der Waals surface area contributed by atoms with Crippen LogP contribution in [-0.2, 0) is 16.1 Å². The molecule has 194 valence electrons. The average Bonchev–Trinajstić information content (AvgIpc) is 3.52. The molecule has 2 heterocycles. The second-order valence-electron chi connectivity index (χ2n) is 8.50. The summed E-state index contributed by atoms with van der Waals surface area (Å²) in [4.78, 5) is 31.0. The van der Waals surface area contributed by atoms with Gasteiger partial charge in [0, 0.05) is 18.5 Å². The number of ether oxygens (including phenoxy) is 3. The number of nitrogens with zero attached hydrogens (tertiary/aromatic N) is 2. The SMILES string of the molecule is CCOc1ccc(C(O)=C2C(=O)C(=O)N(CCC[n+]3cc[nH]c3)C2c2ccc(OCC)c(OC)c2)cc1. The molecule has 3 aromatic rings. The Balaban J connectivity index is 1.75. The van der Waals surface area contributed by atoms with Gasteiger partial charge in [-0.2, -0.15) is 0 Å². The molecule has 1 amide bonds. The van der Waals surface area contributed by atoms with Crippen molar-refractivity contribution < 1.29 is 33.5 Å². The lowest BCUT2D eigenvalue weighted by molar-refractivity contribution is -0.695. The first-order valence-corrected chi connectivity index (χ1v) is 12.3. The van der Waals surface area contributed by atoms with Crippen molar-refractivity contribution in [2.45, 2.75) is 32.9 Å². The van der Waals surface area contributed by atoms with E-state index in [2.05, 4.69) is 4.98 Å². The van der Waals surface area contributed by atoms with E-state index in [1.165, 1.54) is 12.0 Å². The molecule has 1 aromatic heterocycles. The number of aliphatic hydroxyl groups is 1. The summed E-state index contributed by atoms with van der Waals surface area (Å²) < 4.78 is 18.6. The van der Waals surface area contributed by atoms with E-state index in [1.807, 2.05) is 37.1 Å². The van der Waals surface area contributed by atoms with Crippen molar-refractivity contribution in [3.63, 3.8) is 0 Å². The molecule has 1 aliphatic heterocycles. The standard InChI is InChI=1S/C28H31N3O6/c1-4-36-21-10-7-19(8-11-21)26(32)24-25(20-9-12-22(37-5-2)23(17-20)35-3)31(28(34)27(24)33)15-6-14-30-16-13-29-18-30/h7-13,16-18,25H,4-6,14-15H2,1-3H3,(H,32,33)/p+1. The Morgan fingerprint density at radius 3 is 2.46 bits per heavy atom. The van der Waals surface area contributed by atoms with Gasteiger partial charge in [0.2, 0.25) is 6.33 Å². The Morgan fingerprint density at radius 2 is 1.81 bits per heavy atom. The molecule has 2 aromatic carbocycles. The quantitative estimate of drug-likeness (QED) is 0.178. The first kappa shape index (κ1) is 25.8. The fourth-order valence-electron chi connectivity index (χ4n) is 4.50. The zero-order valence-electron chi connectivity index (χ0n) is 21.3. The number of hydrogen-bond donors (Lipinski definition) is 2. The lowest BCUT2D eigenvalue weighted by Crippen LogP contribution is -2.36. The van der Waals surface area contributed by atoms with E-state index in [0.29, 0.717) is 61.1 Å². The van der Waals surface area contributed by atoms with Crippen LogP contribution in [0.4, 0.5) is 0 Å². The number of aromatic amines is 1. The molecule has 9 nitrogen and oxygen atoms in total. The van der Waals surface area contributed by atoms with Crippen molar-refractivity contribution in [1.82, 2.24) is 9.88 Å². The summed E-state index contributed by atoms with van der Waals surface area (Å²) in [5, 5.41) is 11.3. The molecule has 1 fully saturated rings. The Morgan fingerprint density at radius 1 is 1.05 bits per heavy atom. The van der Waals surface area contributed by atoms with Crippen LogP contribution in [0.2, 0.25) is 0 Å². The Labute approximate surface area is 215 Å². The monoisotopic (exact) mass is 506 g/mol. The number of carbonyl (C=O) groups is 2. The number of ketones is 1. The molecule has 0 spiro atoms. The molecule has 1 unspecified atom stereocenters. The largest absolute Gasteiger partial charge is 0.507 e. The van der Waals surface area contributed by atoms with Crippen molar-refractivity contribution in [3.8, 4) is 17.2 Å². The number of H-pyrrole nitrogens is 1. The second kappa shape index (κ2) is 11.6. The Bertz CT molecular complexity index is 1270. The normalized spacial score (nSPS) is 16.7. The van der Waals surface area contributed by atoms with Crippen LogP contribution < -0.4 is 18.8 Å². The highest BCUT2D eigenvalue weighted by atomic mass is 16.5. The molecule has 0 aliphatic carbocycles. The summed E-state index contributed by atoms with van der Waals surface area (Å²) in [7, 11) is 1.53. The van der Waals surface area contributed by atoms with E-state index in [0.717, 1.165) is 0 Å². The summed E-state index contributed by atoms with van der Waals surface area (Å²) in [6.07, 6.45) is 6.15. The highest BCUT2D eigenvalue weighted by molar-refractivity contribution is 6.46. The third kappa shape index (κ3) is 5.45. The number of likely N-dealkylation sites (tertiary alicyclic amines) is 1. The van der Waals surface area contributed by atoms with Crippen LogP contribution in [0.25, 0.3) is 5.76 Å². The lowest BCUT2D eigenvalue weighted by atomic mass is 9.95. The average molecular weight is 507 g/mol. The summed E-state index contributed by atoms with van der Waals surface area (Å²) in [6, 6.07) is 11.3. The number of hydrogen-bond acceptors (Lipinski definition) is 6. The van der Waals surface area contributed by atoms with Gasteiger partial charge in [-0.3, -0.25) is 14.6 Å². The van der Waals surface area contributed by atoms with Gasteiger partial charge in [-0.25, -0.2) is 4.57 Å². The third-order valence-electron chi connectivity index (χ3n) is 6.20. The van der Waals surface area contributed by atoms with Crippen molar-refractivity contribution in [1.29, 1.82) is 0 Å². The number of aryl methyl sites for hydroxylation is 1. The van der Waals surface area contributed by atoms with Crippen molar-refractivity contribution >= 4 is 17.4 Å². The predicted molar refractivity (Wildman–Crippen MR) is 136 cm³/mol. The highest BCUT2D eigenvalue weighted by Gasteiger charge is 2.46. The number of methoxy groups -OCH3 is 1. The van der Waals surface area contributed by atoms with E-state index in [9.17, 15) is 14.7 Å². The van der Waals surface area contributed by atoms with Crippen molar-refractivity contribution in [3.05, 3.63) is 77.9 Å². The maximum absolute atomic E-state index is 13.3. The number of rotatable bonds is 11. The number of imidazole rings is 1. The minimum Gasteiger partial charge on any atom is -0.507 e. The molecule has 4 rings (SSSR count). The second-order valence-corrected chi connectivity index (χ2v) is 8.50. The number of Topliss-reactive ketones (excluding diaryl/α,β-unsaturated/α-hetero) is 1. The van der Waals surface area contributed by atoms with Gasteiger partial charge in [0.1, 0.15) is 23.9 Å². The van der Waals surface area contributed by atoms with Crippen molar-refractivity contribution in [2.24, 2.45) is 0 Å². The maximum Gasteiger partial charge on any atom is 0.295 e. The van der Waals surface area contributed by atoms with E-state index >= 15 is 0 Å². The number of carbonyl (C=O) groups excluding carboxylic acids is 2. The molecule has 1 saturated heterocycles. The molecule has 9 heteroatoms. The van der Waals surface area contributed by atoms with E-state index in [-0.39, 0.29) is 11.3 Å². The fourth-order valence-corrected chi connectivity index (χ4v) is 4.50. The minimum absolute atomic E-state index is 0.0367. The van der Waals surface area contributed by atoms with E-state index in [4.69, 9.17) is 14.2 Å². The van der Waals surface area contributed by atoms with E-state index in [1.54, 1.807) is 42.5 Å². The first-order chi connectivity index (χ1) is 18.0. The van der Waals surface area contributed by atoms with Crippen LogP contribution in [0, 0.1) is 0 Å². The van der Waals surface area contributed by atoms with Gasteiger partial charge in [0.15, 0.2) is 11.5 Å². The van der Waals surface area contributed by atoms with Gasteiger partial charge in [-0.15, -0.1) is 0 Å². The predicted octanol–water partition coefficient (Wildman–Crippen LogP) is 3.62. The first-order valence-electron chi connectivity index (χ1n) is 12.3. The maximum atomic E-state index is 13.3. The third-order valence-corrected chi connectivity index (χ3v) is 6.20. The number of nitrogens with one attached hydrogen (secondary N) is 1. The van der Waals surface area contributed by atoms with Crippen LogP contribution in [0.3, 0.4) is 0 Å². The van der Waals surface area contributed by atoms with Crippen molar-refractivity contribution in [2.75, 3.05) is 26.9 Å². The Kier molecular flexibility index (Phi) is 8.12. The van der Waals surface area contributed by atoms with Gasteiger partial charge in [0.05, 0.1) is 38.5 Å². The number of aromatic nitrogens is 2. The van der Waals surface area contributed by atoms with Gasteiger partial charge in [0.25, 0.3) is 11.7 Å².